The first-order valence-corrected chi connectivity index (χ1v) is 9.02. The Kier molecular flexibility index (Phi) is 4.01. The fourth-order valence-corrected chi connectivity index (χ4v) is 3.82. The number of hydrogen-bond acceptors (Lipinski definition) is 5. The van der Waals surface area contributed by atoms with Crippen LogP contribution in [0.2, 0.25) is 0 Å². The molecule has 2 aromatic rings. The van der Waals surface area contributed by atoms with Gasteiger partial charge in [-0.1, -0.05) is 30.3 Å². The molecule has 2 aliphatic rings. The molecule has 2 aromatic carbocycles. The summed E-state index contributed by atoms with van der Waals surface area (Å²) in [5.41, 5.74) is 5.41. The molecule has 1 fully saturated rings. The quantitative estimate of drug-likeness (QED) is 0.485. The molecule has 28 heavy (non-hydrogen) atoms. The predicted molar refractivity (Wildman–Crippen MR) is 100 cm³/mol. The summed E-state index contributed by atoms with van der Waals surface area (Å²) in [4.78, 5) is 38.6. The van der Waals surface area contributed by atoms with Crippen molar-refractivity contribution < 1.29 is 23.9 Å². The second kappa shape index (κ2) is 6.17. The van der Waals surface area contributed by atoms with E-state index in [9.17, 15) is 14.4 Å². The number of epoxide rings is 1. The van der Waals surface area contributed by atoms with Crippen LogP contribution in [0.15, 0.2) is 48.5 Å². The van der Waals surface area contributed by atoms with Crippen molar-refractivity contribution in [2.24, 2.45) is 5.73 Å². The molecule has 4 rings (SSSR count). The molecule has 0 bridgehead atoms. The summed E-state index contributed by atoms with van der Waals surface area (Å²) in [5, 5.41) is 0. The predicted octanol–water partition coefficient (Wildman–Crippen LogP) is 1.88. The summed E-state index contributed by atoms with van der Waals surface area (Å²) < 4.78 is 10.5. The average Bonchev–Trinajstić information content (AvgIpc) is 3.23. The molecule has 7 heteroatoms. The van der Waals surface area contributed by atoms with Gasteiger partial charge in [0, 0.05) is 11.3 Å². The number of carbonyl (C=O) groups is 3. The molecule has 0 aromatic heterocycles. The van der Waals surface area contributed by atoms with E-state index in [1.54, 1.807) is 43.0 Å². The van der Waals surface area contributed by atoms with Crippen LogP contribution in [-0.4, -0.2) is 30.0 Å². The Morgan fingerprint density at radius 3 is 2.46 bits per heavy atom. The van der Waals surface area contributed by atoms with Crippen LogP contribution in [0, 0.1) is 0 Å². The van der Waals surface area contributed by atoms with Crippen molar-refractivity contribution in [2.45, 2.75) is 31.6 Å². The standard InChI is InChI=1S/C21H20N2O5/c1-3-27-19(26)21(18(22)25)20(2,28-21)14-8-10-15(11-9-14)23-12-13-6-4-5-7-16(13)17(23)24/h4-11H,3,12H2,1-2H3,(H2,22,25). The number of primary amides is 1. The molecule has 0 spiro atoms. The smallest absolute Gasteiger partial charge is 0.351 e. The Hall–Kier alpha value is -3.19. The number of rotatable bonds is 5. The van der Waals surface area contributed by atoms with Crippen molar-refractivity contribution >= 4 is 23.5 Å². The molecule has 0 radical (unpaired) electrons. The van der Waals surface area contributed by atoms with E-state index < -0.39 is 23.1 Å². The first-order chi connectivity index (χ1) is 13.3. The Balaban J connectivity index is 1.60. The molecule has 2 N–H and O–H groups in total. The van der Waals surface area contributed by atoms with Crippen molar-refractivity contribution in [3.05, 3.63) is 65.2 Å². The number of benzene rings is 2. The fourth-order valence-electron chi connectivity index (χ4n) is 3.82. The number of carbonyl (C=O) groups excluding carboxylic acids is 3. The topological polar surface area (TPSA) is 102 Å². The lowest BCUT2D eigenvalue weighted by atomic mass is 9.87. The number of anilines is 1. The van der Waals surface area contributed by atoms with E-state index in [1.165, 1.54) is 0 Å². The van der Waals surface area contributed by atoms with Gasteiger partial charge in [0.05, 0.1) is 13.2 Å². The molecule has 144 valence electrons. The maximum absolute atomic E-state index is 12.6. The minimum Gasteiger partial charge on any atom is -0.463 e. The number of amides is 2. The average molecular weight is 380 g/mol. The third-order valence-electron chi connectivity index (χ3n) is 5.45. The highest BCUT2D eigenvalue weighted by Gasteiger charge is 2.78. The largest absolute Gasteiger partial charge is 0.463 e. The number of fused-ring (bicyclic) bond motifs is 1. The molecule has 7 nitrogen and oxygen atoms in total. The number of nitrogens with two attached hydrogens (primary N) is 1. The van der Waals surface area contributed by atoms with Crippen molar-refractivity contribution in [1.29, 1.82) is 0 Å². The van der Waals surface area contributed by atoms with Crippen LogP contribution in [0.1, 0.15) is 35.3 Å². The fraction of sp³-hybridized carbons (Fsp3) is 0.286. The van der Waals surface area contributed by atoms with Gasteiger partial charge in [-0.15, -0.1) is 0 Å². The molecule has 2 amide bonds. The molecule has 2 atom stereocenters. The molecular formula is C21H20N2O5. The van der Waals surface area contributed by atoms with Gasteiger partial charge in [-0.2, -0.15) is 0 Å². The normalized spacial score (nSPS) is 25.4. The van der Waals surface area contributed by atoms with E-state index in [-0.39, 0.29) is 12.5 Å². The summed E-state index contributed by atoms with van der Waals surface area (Å²) in [6, 6.07) is 14.5. The molecule has 0 saturated carbocycles. The minimum atomic E-state index is -1.83. The van der Waals surface area contributed by atoms with Crippen molar-refractivity contribution in [1.82, 2.24) is 0 Å². The van der Waals surface area contributed by atoms with E-state index in [0.717, 1.165) is 11.3 Å². The lowest BCUT2D eigenvalue weighted by Gasteiger charge is -2.18. The van der Waals surface area contributed by atoms with E-state index in [1.807, 2.05) is 24.3 Å². The second-order valence-electron chi connectivity index (χ2n) is 7.00. The van der Waals surface area contributed by atoms with E-state index in [2.05, 4.69) is 0 Å². The van der Waals surface area contributed by atoms with Crippen LogP contribution in [0.4, 0.5) is 5.69 Å². The maximum Gasteiger partial charge on any atom is 0.351 e. The Labute approximate surface area is 162 Å². The van der Waals surface area contributed by atoms with Gasteiger partial charge in [0.2, 0.25) is 0 Å². The third kappa shape index (κ3) is 2.36. The lowest BCUT2D eigenvalue weighted by molar-refractivity contribution is -0.153. The first-order valence-electron chi connectivity index (χ1n) is 9.02. The van der Waals surface area contributed by atoms with Crippen LogP contribution in [0.5, 0.6) is 0 Å². The number of nitrogens with zero attached hydrogens (tertiary/aromatic N) is 1. The first kappa shape index (κ1) is 18.2. The molecule has 2 aliphatic heterocycles. The zero-order chi connectivity index (χ0) is 20.1. The maximum atomic E-state index is 12.6. The Morgan fingerprint density at radius 2 is 1.86 bits per heavy atom. The molecular weight excluding hydrogens is 360 g/mol. The Morgan fingerprint density at radius 1 is 1.18 bits per heavy atom. The summed E-state index contributed by atoms with van der Waals surface area (Å²) in [5.74, 6) is -1.74. The molecule has 2 heterocycles. The van der Waals surface area contributed by atoms with Crippen LogP contribution < -0.4 is 10.6 Å². The van der Waals surface area contributed by atoms with E-state index >= 15 is 0 Å². The van der Waals surface area contributed by atoms with Gasteiger partial charge in [-0.3, -0.25) is 9.59 Å². The minimum absolute atomic E-state index is 0.0600. The molecule has 0 aliphatic carbocycles. The number of hydrogen-bond donors (Lipinski definition) is 1. The highest BCUT2D eigenvalue weighted by atomic mass is 16.7. The van der Waals surface area contributed by atoms with E-state index in [4.69, 9.17) is 15.2 Å². The van der Waals surface area contributed by atoms with Crippen molar-refractivity contribution in [3.63, 3.8) is 0 Å². The Bertz CT molecular complexity index is 987. The van der Waals surface area contributed by atoms with Gasteiger partial charge in [0.1, 0.15) is 5.60 Å². The monoisotopic (exact) mass is 380 g/mol. The number of esters is 1. The van der Waals surface area contributed by atoms with Crippen molar-refractivity contribution in [3.8, 4) is 0 Å². The van der Waals surface area contributed by atoms with Crippen molar-refractivity contribution in [2.75, 3.05) is 11.5 Å². The van der Waals surface area contributed by atoms with E-state index in [0.29, 0.717) is 17.7 Å². The zero-order valence-corrected chi connectivity index (χ0v) is 15.6. The van der Waals surface area contributed by atoms with Gasteiger partial charge in [-0.05, 0) is 43.2 Å². The SMILES string of the molecule is CCOC(=O)C1(C(N)=O)OC1(C)c1ccc(N2Cc3ccccc3C2=O)cc1. The highest BCUT2D eigenvalue weighted by molar-refractivity contribution is 6.11. The van der Waals surface area contributed by atoms with Gasteiger partial charge in [0.25, 0.3) is 17.4 Å². The molecule has 1 saturated heterocycles. The van der Waals surface area contributed by atoms with Crippen LogP contribution in [0.3, 0.4) is 0 Å². The molecule has 2 unspecified atom stereocenters. The van der Waals surface area contributed by atoms with Gasteiger partial charge < -0.3 is 20.1 Å². The van der Waals surface area contributed by atoms with Crippen LogP contribution in [-0.2, 0) is 31.2 Å². The van der Waals surface area contributed by atoms with Crippen LogP contribution in [0.25, 0.3) is 0 Å². The number of ether oxygens (including phenoxy) is 2. The third-order valence-corrected chi connectivity index (χ3v) is 5.45. The summed E-state index contributed by atoms with van der Waals surface area (Å²) in [6.45, 7) is 3.88. The second-order valence-corrected chi connectivity index (χ2v) is 7.00. The van der Waals surface area contributed by atoms with Gasteiger partial charge in [0.15, 0.2) is 0 Å². The lowest BCUT2D eigenvalue weighted by Crippen LogP contribution is -2.45. The summed E-state index contributed by atoms with van der Waals surface area (Å²) >= 11 is 0. The summed E-state index contributed by atoms with van der Waals surface area (Å²) in [6.07, 6.45) is 0. The van der Waals surface area contributed by atoms with Crippen LogP contribution >= 0.6 is 0 Å². The van der Waals surface area contributed by atoms with Gasteiger partial charge >= 0.3 is 5.97 Å². The van der Waals surface area contributed by atoms with Gasteiger partial charge in [-0.25, -0.2) is 4.79 Å². The zero-order valence-electron chi connectivity index (χ0n) is 15.6. The highest BCUT2D eigenvalue weighted by Crippen LogP contribution is 2.56. The summed E-state index contributed by atoms with van der Waals surface area (Å²) in [7, 11) is 0.